The van der Waals surface area contributed by atoms with E-state index in [0.29, 0.717) is 16.7 Å². The van der Waals surface area contributed by atoms with Crippen LogP contribution < -0.4 is 9.47 Å². The third-order valence-electron chi connectivity index (χ3n) is 5.11. The second-order valence-electron chi connectivity index (χ2n) is 7.72. The quantitative estimate of drug-likeness (QED) is 0.154. The molecule has 1 aliphatic heterocycles. The molecule has 0 fully saturated rings. The fourth-order valence-corrected chi connectivity index (χ4v) is 3.29. The Kier molecular flexibility index (Phi) is 7.01. The summed E-state index contributed by atoms with van der Waals surface area (Å²) in [6.07, 6.45) is 4.11. The number of hydrogen-bond acceptors (Lipinski definition) is 8. The minimum atomic E-state index is -0.697. The Morgan fingerprint density at radius 3 is 2.53 bits per heavy atom. The van der Waals surface area contributed by atoms with Crippen LogP contribution in [-0.4, -0.2) is 29.9 Å². The van der Waals surface area contributed by atoms with E-state index in [-0.39, 0.29) is 28.8 Å². The summed E-state index contributed by atoms with van der Waals surface area (Å²) in [7, 11) is 1.42. The van der Waals surface area contributed by atoms with Crippen molar-refractivity contribution < 1.29 is 28.7 Å². The standard InChI is InChI=1S/C27H20N2O7/c1-17-6-10-20(11-7-17)26-28-22(27(31)36-26)15-19-8-12-23(24(16-19)34-2)35-25(30)13-9-18-4-3-5-21(14-18)29(32)33/h3-16H,1-2H3/b13-9+,22-15-. The lowest BCUT2D eigenvalue weighted by molar-refractivity contribution is -0.384. The lowest BCUT2D eigenvalue weighted by Gasteiger charge is -2.08. The highest BCUT2D eigenvalue weighted by Crippen LogP contribution is 2.30. The van der Waals surface area contributed by atoms with Crippen LogP contribution in [0.15, 0.2) is 83.5 Å². The number of non-ortho nitro benzene ring substituents is 1. The number of ether oxygens (including phenoxy) is 3. The van der Waals surface area contributed by atoms with Gasteiger partial charge in [-0.25, -0.2) is 14.6 Å². The third-order valence-corrected chi connectivity index (χ3v) is 5.11. The van der Waals surface area contributed by atoms with Crippen molar-refractivity contribution in [2.24, 2.45) is 4.99 Å². The molecule has 0 atom stereocenters. The Morgan fingerprint density at radius 2 is 1.81 bits per heavy atom. The highest BCUT2D eigenvalue weighted by atomic mass is 16.6. The van der Waals surface area contributed by atoms with Gasteiger partial charge in [0.05, 0.1) is 12.0 Å². The van der Waals surface area contributed by atoms with Crippen LogP contribution in [0, 0.1) is 17.0 Å². The molecular weight excluding hydrogens is 464 g/mol. The summed E-state index contributed by atoms with van der Waals surface area (Å²) in [5.41, 5.74) is 2.86. The van der Waals surface area contributed by atoms with Crippen molar-refractivity contribution in [1.29, 1.82) is 0 Å². The molecule has 1 aliphatic rings. The number of carbonyl (C=O) groups excluding carboxylic acids is 2. The fraction of sp³-hybridized carbons (Fsp3) is 0.0741. The number of hydrogen-bond donors (Lipinski definition) is 0. The molecule has 0 bridgehead atoms. The van der Waals surface area contributed by atoms with Gasteiger partial charge in [0.15, 0.2) is 17.2 Å². The van der Waals surface area contributed by atoms with Crippen LogP contribution in [0.5, 0.6) is 11.5 Å². The third kappa shape index (κ3) is 5.71. The Bertz CT molecular complexity index is 1440. The average molecular weight is 484 g/mol. The molecule has 0 N–H and O–H groups in total. The zero-order valence-corrected chi connectivity index (χ0v) is 19.3. The Morgan fingerprint density at radius 1 is 1.03 bits per heavy atom. The maximum absolute atomic E-state index is 12.3. The average Bonchev–Trinajstić information content (AvgIpc) is 3.24. The van der Waals surface area contributed by atoms with Gasteiger partial charge in [0.25, 0.3) is 5.69 Å². The van der Waals surface area contributed by atoms with E-state index in [9.17, 15) is 19.7 Å². The van der Waals surface area contributed by atoms with E-state index >= 15 is 0 Å². The lowest BCUT2D eigenvalue weighted by atomic mass is 10.1. The summed E-state index contributed by atoms with van der Waals surface area (Å²) in [5.74, 6) is -0.634. The summed E-state index contributed by atoms with van der Waals surface area (Å²) in [6.45, 7) is 1.96. The summed E-state index contributed by atoms with van der Waals surface area (Å²) >= 11 is 0. The minimum absolute atomic E-state index is 0.0849. The van der Waals surface area contributed by atoms with Gasteiger partial charge in [-0.05, 0) is 54.5 Å². The molecule has 0 aliphatic carbocycles. The van der Waals surface area contributed by atoms with Gasteiger partial charge in [-0.15, -0.1) is 0 Å². The topological polar surface area (TPSA) is 117 Å². The molecule has 0 radical (unpaired) electrons. The summed E-state index contributed by atoms with van der Waals surface area (Å²) in [6, 6.07) is 18.0. The molecule has 4 rings (SSSR count). The first kappa shape index (κ1) is 24.1. The highest BCUT2D eigenvalue weighted by Gasteiger charge is 2.24. The van der Waals surface area contributed by atoms with Crippen LogP contribution >= 0.6 is 0 Å². The van der Waals surface area contributed by atoms with Gasteiger partial charge in [-0.2, -0.15) is 0 Å². The Labute approximate surface area is 206 Å². The van der Waals surface area contributed by atoms with Gasteiger partial charge in [0.2, 0.25) is 5.90 Å². The molecule has 3 aromatic carbocycles. The number of esters is 2. The normalized spacial score (nSPS) is 14.0. The number of aliphatic imine (C=N–C) groups is 1. The largest absolute Gasteiger partial charge is 0.493 e. The van der Waals surface area contributed by atoms with Gasteiger partial charge < -0.3 is 14.2 Å². The van der Waals surface area contributed by atoms with Crippen molar-refractivity contribution in [3.8, 4) is 11.5 Å². The molecule has 0 unspecified atom stereocenters. The first-order chi connectivity index (χ1) is 17.3. The number of nitrogens with zero attached hydrogens (tertiary/aromatic N) is 2. The minimum Gasteiger partial charge on any atom is -0.493 e. The molecule has 0 saturated heterocycles. The first-order valence-corrected chi connectivity index (χ1v) is 10.7. The SMILES string of the molecule is COc1cc(/C=C2\N=C(c3ccc(C)cc3)OC2=O)ccc1OC(=O)/C=C/c1cccc([N+](=O)[O-])c1. The predicted octanol–water partition coefficient (Wildman–Crippen LogP) is 4.88. The first-order valence-electron chi connectivity index (χ1n) is 10.7. The van der Waals surface area contributed by atoms with Crippen LogP contribution in [0.4, 0.5) is 5.69 Å². The number of nitro benzene ring substituents is 1. The monoisotopic (exact) mass is 484 g/mol. The molecule has 180 valence electrons. The van der Waals surface area contributed by atoms with E-state index in [1.54, 1.807) is 24.3 Å². The summed E-state index contributed by atoms with van der Waals surface area (Å²) in [4.78, 5) is 39.2. The lowest BCUT2D eigenvalue weighted by Crippen LogP contribution is -2.05. The molecule has 0 amide bonds. The van der Waals surface area contributed by atoms with Crippen molar-refractivity contribution >= 4 is 35.7 Å². The van der Waals surface area contributed by atoms with Crippen LogP contribution in [0.1, 0.15) is 22.3 Å². The van der Waals surface area contributed by atoms with Crippen molar-refractivity contribution in [1.82, 2.24) is 0 Å². The Balaban J connectivity index is 1.49. The highest BCUT2D eigenvalue weighted by molar-refractivity contribution is 6.12. The van der Waals surface area contributed by atoms with Gasteiger partial charge in [-0.1, -0.05) is 35.9 Å². The fourth-order valence-electron chi connectivity index (χ4n) is 3.29. The van der Waals surface area contributed by atoms with E-state index in [1.165, 1.54) is 37.5 Å². The second kappa shape index (κ2) is 10.5. The second-order valence-corrected chi connectivity index (χ2v) is 7.72. The number of aryl methyl sites for hydroxylation is 1. The van der Waals surface area contributed by atoms with E-state index in [0.717, 1.165) is 11.6 Å². The van der Waals surface area contributed by atoms with Crippen LogP contribution in [-0.2, 0) is 14.3 Å². The van der Waals surface area contributed by atoms with Crippen molar-refractivity contribution in [2.75, 3.05) is 7.11 Å². The number of methoxy groups -OCH3 is 1. The van der Waals surface area contributed by atoms with Crippen LogP contribution in [0.2, 0.25) is 0 Å². The van der Waals surface area contributed by atoms with E-state index in [1.807, 2.05) is 31.2 Å². The van der Waals surface area contributed by atoms with Gasteiger partial charge in [0, 0.05) is 23.8 Å². The zero-order chi connectivity index (χ0) is 25.7. The van der Waals surface area contributed by atoms with Crippen molar-refractivity contribution in [2.45, 2.75) is 6.92 Å². The molecule has 0 aromatic heterocycles. The molecule has 0 spiro atoms. The van der Waals surface area contributed by atoms with E-state index < -0.39 is 16.9 Å². The predicted molar refractivity (Wildman–Crippen MR) is 133 cm³/mol. The van der Waals surface area contributed by atoms with Gasteiger partial charge in [-0.3, -0.25) is 10.1 Å². The molecule has 9 heteroatoms. The molecule has 3 aromatic rings. The van der Waals surface area contributed by atoms with Crippen LogP contribution in [0.3, 0.4) is 0 Å². The molecule has 9 nitrogen and oxygen atoms in total. The van der Waals surface area contributed by atoms with E-state index in [2.05, 4.69) is 4.99 Å². The Hall–Kier alpha value is -5.05. The number of carbonyl (C=O) groups is 2. The smallest absolute Gasteiger partial charge is 0.363 e. The van der Waals surface area contributed by atoms with Crippen molar-refractivity contribution in [3.63, 3.8) is 0 Å². The zero-order valence-electron chi connectivity index (χ0n) is 19.3. The molecule has 0 saturated carbocycles. The van der Waals surface area contributed by atoms with Gasteiger partial charge in [0.1, 0.15) is 0 Å². The number of rotatable bonds is 7. The van der Waals surface area contributed by atoms with E-state index in [4.69, 9.17) is 14.2 Å². The number of nitro groups is 1. The summed E-state index contributed by atoms with van der Waals surface area (Å²) in [5, 5.41) is 10.9. The molecule has 36 heavy (non-hydrogen) atoms. The van der Waals surface area contributed by atoms with Crippen molar-refractivity contribution in [3.05, 3.63) is 111 Å². The van der Waals surface area contributed by atoms with Crippen LogP contribution in [0.25, 0.3) is 12.2 Å². The number of cyclic esters (lactones) is 1. The maximum atomic E-state index is 12.3. The molecular formula is C27H20N2O7. The maximum Gasteiger partial charge on any atom is 0.363 e. The summed E-state index contributed by atoms with van der Waals surface area (Å²) < 4.78 is 16.0. The number of benzene rings is 3. The molecule has 1 heterocycles. The van der Waals surface area contributed by atoms with Gasteiger partial charge >= 0.3 is 11.9 Å².